The fourth-order valence-corrected chi connectivity index (χ4v) is 3.75. The van der Waals surface area contributed by atoms with Crippen molar-refractivity contribution in [2.75, 3.05) is 6.54 Å². The van der Waals surface area contributed by atoms with Gasteiger partial charge >= 0.3 is 0 Å². The predicted octanol–water partition coefficient (Wildman–Crippen LogP) is 3.84. The summed E-state index contributed by atoms with van der Waals surface area (Å²) in [6.45, 7) is 3.87. The Kier molecular flexibility index (Phi) is 3.93. The fourth-order valence-electron chi connectivity index (χ4n) is 3.08. The maximum absolute atomic E-state index is 5.46. The lowest BCUT2D eigenvalue weighted by atomic mass is 10.1. The number of thiophene rings is 1. The van der Waals surface area contributed by atoms with Gasteiger partial charge in [0, 0.05) is 30.6 Å². The van der Waals surface area contributed by atoms with Crippen LogP contribution in [0, 0.1) is 6.92 Å². The monoisotopic (exact) mass is 326 g/mol. The van der Waals surface area contributed by atoms with Crippen molar-refractivity contribution in [1.82, 2.24) is 20.0 Å². The molecule has 1 fully saturated rings. The van der Waals surface area contributed by atoms with Gasteiger partial charge in [-0.05, 0) is 37.8 Å². The maximum Gasteiger partial charge on any atom is 0.169 e. The van der Waals surface area contributed by atoms with Crippen molar-refractivity contribution in [3.63, 3.8) is 0 Å². The second-order valence-corrected chi connectivity index (χ2v) is 6.84. The van der Waals surface area contributed by atoms with Crippen LogP contribution in [0.5, 0.6) is 0 Å². The van der Waals surface area contributed by atoms with Gasteiger partial charge in [0.15, 0.2) is 11.6 Å². The second-order valence-electron chi connectivity index (χ2n) is 5.89. The molecule has 0 aliphatic carbocycles. The SMILES string of the molecule is Cc1cc(C2CCCN2Cc2cnc(-c3cccs3)nc2)on1. The van der Waals surface area contributed by atoms with E-state index in [1.165, 1.54) is 6.42 Å². The Hall–Kier alpha value is -2.05. The van der Waals surface area contributed by atoms with Crippen LogP contribution in [-0.2, 0) is 6.54 Å². The van der Waals surface area contributed by atoms with Crippen LogP contribution in [0.15, 0.2) is 40.5 Å². The minimum absolute atomic E-state index is 0.313. The summed E-state index contributed by atoms with van der Waals surface area (Å²) in [6, 6.07) is 6.42. The van der Waals surface area contributed by atoms with Gasteiger partial charge in [-0.25, -0.2) is 9.97 Å². The predicted molar refractivity (Wildman–Crippen MR) is 89.0 cm³/mol. The normalized spacial score (nSPS) is 18.6. The Labute approximate surface area is 139 Å². The van der Waals surface area contributed by atoms with Crippen molar-refractivity contribution in [1.29, 1.82) is 0 Å². The van der Waals surface area contributed by atoms with E-state index >= 15 is 0 Å². The fraction of sp³-hybridized carbons (Fsp3) is 0.353. The summed E-state index contributed by atoms with van der Waals surface area (Å²) in [7, 11) is 0. The third-order valence-corrected chi connectivity index (χ3v) is 5.04. The van der Waals surface area contributed by atoms with E-state index in [-0.39, 0.29) is 0 Å². The van der Waals surface area contributed by atoms with E-state index in [1.807, 2.05) is 42.9 Å². The van der Waals surface area contributed by atoms with Crippen LogP contribution in [0.2, 0.25) is 0 Å². The number of aromatic nitrogens is 3. The van der Waals surface area contributed by atoms with Gasteiger partial charge in [0.2, 0.25) is 0 Å². The van der Waals surface area contributed by atoms with Gasteiger partial charge in [0.05, 0.1) is 16.6 Å². The average molecular weight is 326 g/mol. The quantitative estimate of drug-likeness (QED) is 0.729. The van der Waals surface area contributed by atoms with E-state index in [1.54, 1.807) is 11.3 Å². The number of likely N-dealkylation sites (tertiary alicyclic amines) is 1. The molecule has 4 heterocycles. The number of hydrogen-bond donors (Lipinski definition) is 0. The molecule has 0 aromatic carbocycles. The van der Waals surface area contributed by atoms with Gasteiger partial charge < -0.3 is 4.52 Å². The highest BCUT2D eigenvalue weighted by atomic mass is 32.1. The van der Waals surface area contributed by atoms with Crippen LogP contribution in [-0.4, -0.2) is 26.6 Å². The lowest BCUT2D eigenvalue weighted by molar-refractivity contribution is 0.206. The molecule has 118 valence electrons. The van der Waals surface area contributed by atoms with Crippen molar-refractivity contribution < 1.29 is 4.52 Å². The first-order valence-corrected chi connectivity index (χ1v) is 8.69. The van der Waals surface area contributed by atoms with Crippen LogP contribution in [0.3, 0.4) is 0 Å². The minimum atomic E-state index is 0.313. The lowest BCUT2D eigenvalue weighted by Crippen LogP contribution is -2.22. The van der Waals surface area contributed by atoms with Gasteiger partial charge in [-0.1, -0.05) is 11.2 Å². The molecule has 1 unspecified atom stereocenters. The smallest absolute Gasteiger partial charge is 0.169 e. The summed E-state index contributed by atoms with van der Waals surface area (Å²) >= 11 is 1.66. The van der Waals surface area contributed by atoms with Crippen LogP contribution in [0.4, 0.5) is 0 Å². The average Bonchev–Trinajstić information content (AvgIpc) is 3.29. The first-order chi connectivity index (χ1) is 11.3. The minimum Gasteiger partial charge on any atom is -0.359 e. The van der Waals surface area contributed by atoms with Crippen LogP contribution < -0.4 is 0 Å². The molecule has 23 heavy (non-hydrogen) atoms. The molecule has 1 aliphatic heterocycles. The summed E-state index contributed by atoms with van der Waals surface area (Å²) in [5, 5.41) is 6.06. The van der Waals surface area contributed by atoms with Gasteiger partial charge in [-0.2, -0.15) is 0 Å². The molecule has 0 saturated carbocycles. The molecule has 0 N–H and O–H groups in total. The molecule has 0 bridgehead atoms. The molecule has 0 spiro atoms. The van der Waals surface area contributed by atoms with E-state index in [9.17, 15) is 0 Å². The maximum atomic E-state index is 5.46. The zero-order chi connectivity index (χ0) is 15.6. The highest BCUT2D eigenvalue weighted by molar-refractivity contribution is 7.13. The number of nitrogens with zero attached hydrogens (tertiary/aromatic N) is 4. The largest absolute Gasteiger partial charge is 0.359 e. The standard InChI is InChI=1S/C17H18N4OS/c1-12-8-15(22-20-12)14-4-2-6-21(14)11-13-9-18-17(19-10-13)16-5-3-7-23-16/h3,5,7-10,14H,2,4,6,11H2,1H3. The zero-order valence-corrected chi connectivity index (χ0v) is 13.8. The highest BCUT2D eigenvalue weighted by Gasteiger charge is 2.29. The summed E-state index contributed by atoms with van der Waals surface area (Å²) in [5.41, 5.74) is 2.07. The molecule has 0 radical (unpaired) electrons. The van der Waals surface area contributed by atoms with Crippen molar-refractivity contribution >= 4 is 11.3 Å². The molecule has 3 aromatic heterocycles. The topological polar surface area (TPSA) is 55.1 Å². The van der Waals surface area contributed by atoms with Crippen LogP contribution in [0.25, 0.3) is 10.7 Å². The van der Waals surface area contributed by atoms with Gasteiger partial charge in [0.25, 0.3) is 0 Å². The first-order valence-electron chi connectivity index (χ1n) is 7.81. The van der Waals surface area contributed by atoms with Crippen molar-refractivity contribution in [3.05, 3.63) is 53.0 Å². The summed E-state index contributed by atoms with van der Waals surface area (Å²) in [4.78, 5) is 12.5. The Balaban J connectivity index is 1.49. The highest BCUT2D eigenvalue weighted by Crippen LogP contribution is 2.33. The number of rotatable bonds is 4. The van der Waals surface area contributed by atoms with E-state index in [0.717, 1.165) is 47.2 Å². The second kappa shape index (κ2) is 6.22. The molecule has 1 saturated heterocycles. The molecule has 4 rings (SSSR count). The molecular weight excluding hydrogens is 308 g/mol. The van der Waals surface area contributed by atoms with E-state index in [2.05, 4.69) is 20.0 Å². The van der Waals surface area contributed by atoms with E-state index < -0.39 is 0 Å². The molecule has 1 aliphatic rings. The van der Waals surface area contributed by atoms with Crippen molar-refractivity contribution in [3.8, 4) is 10.7 Å². The van der Waals surface area contributed by atoms with Gasteiger partial charge in [-0.15, -0.1) is 11.3 Å². The van der Waals surface area contributed by atoms with E-state index in [4.69, 9.17) is 4.52 Å². The molecule has 6 heteroatoms. The van der Waals surface area contributed by atoms with E-state index in [0.29, 0.717) is 6.04 Å². The number of hydrogen-bond acceptors (Lipinski definition) is 6. The summed E-state index contributed by atoms with van der Waals surface area (Å²) < 4.78 is 5.46. The van der Waals surface area contributed by atoms with Crippen molar-refractivity contribution in [2.45, 2.75) is 32.4 Å². The molecule has 5 nitrogen and oxygen atoms in total. The summed E-state index contributed by atoms with van der Waals surface area (Å²) in [6.07, 6.45) is 6.16. The third-order valence-electron chi connectivity index (χ3n) is 4.17. The Bertz CT molecular complexity index is 766. The molecule has 0 amide bonds. The molecular formula is C17H18N4OS. The van der Waals surface area contributed by atoms with Crippen molar-refractivity contribution in [2.24, 2.45) is 0 Å². The lowest BCUT2D eigenvalue weighted by Gasteiger charge is -2.21. The Morgan fingerprint density at radius 1 is 1.35 bits per heavy atom. The van der Waals surface area contributed by atoms with Crippen LogP contribution >= 0.6 is 11.3 Å². The number of aryl methyl sites for hydroxylation is 1. The van der Waals surface area contributed by atoms with Crippen LogP contribution in [0.1, 0.15) is 35.9 Å². The molecule has 3 aromatic rings. The molecule has 1 atom stereocenters. The Morgan fingerprint density at radius 2 is 2.22 bits per heavy atom. The van der Waals surface area contributed by atoms with Gasteiger partial charge in [-0.3, -0.25) is 4.90 Å². The zero-order valence-electron chi connectivity index (χ0n) is 13.0. The van der Waals surface area contributed by atoms with Gasteiger partial charge in [0.1, 0.15) is 0 Å². The first kappa shape index (κ1) is 14.5. The third kappa shape index (κ3) is 3.04. The Morgan fingerprint density at radius 3 is 2.91 bits per heavy atom. The summed E-state index contributed by atoms with van der Waals surface area (Å²) in [5.74, 6) is 1.77.